The molecule has 0 radical (unpaired) electrons. The van der Waals surface area contributed by atoms with Gasteiger partial charge in [-0.05, 0) is 12.1 Å². The molecule has 0 aliphatic carbocycles. The monoisotopic (exact) mass is 270 g/mol. The topological polar surface area (TPSA) is 87.3 Å². The van der Waals surface area contributed by atoms with E-state index in [0.717, 1.165) is 0 Å². The summed E-state index contributed by atoms with van der Waals surface area (Å²) in [5.41, 5.74) is 0.466. The minimum Gasteiger partial charge on any atom is -0.543 e. The van der Waals surface area contributed by atoms with Gasteiger partial charge in [-0.15, -0.1) is 0 Å². The molecule has 2 aromatic rings. The number of carbonyl (C=O) groups excluding carboxylic acids is 1. The third-order valence-electron chi connectivity index (χ3n) is 2.46. The molecule has 1 N–H and O–H groups in total. The summed E-state index contributed by atoms with van der Waals surface area (Å²) in [5.74, 6) is 0.105. The van der Waals surface area contributed by atoms with Crippen molar-refractivity contribution >= 4 is 5.97 Å². The van der Waals surface area contributed by atoms with E-state index < -0.39 is 5.97 Å². The largest absolute Gasteiger partial charge is 1.00 e. The first-order valence-corrected chi connectivity index (χ1v) is 5.15. The number of carboxylic acid groups (broad SMARTS) is 1. The van der Waals surface area contributed by atoms with Crippen LogP contribution in [0.15, 0.2) is 24.4 Å². The SMILES string of the molecule is COc1cccc(OC)c1-c1ncc(C(=O)[O-])[nH]1.[Na+]. The maximum Gasteiger partial charge on any atom is 1.00 e. The molecule has 0 saturated carbocycles. The predicted molar refractivity (Wildman–Crippen MR) is 61.5 cm³/mol. The number of ether oxygens (including phenoxy) is 2. The summed E-state index contributed by atoms with van der Waals surface area (Å²) < 4.78 is 10.4. The number of methoxy groups -OCH3 is 2. The van der Waals surface area contributed by atoms with Gasteiger partial charge in [-0.2, -0.15) is 0 Å². The summed E-state index contributed by atoms with van der Waals surface area (Å²) in [4.78, 5) is 17.3. The number of rotatable bonds is 4. The maximum atomic E-state index is 10.7. The number of aromatic nitrogens is 2. The Morgan fingerprint density at radius 3 is 2.26 bits per heavy atom. The number of imidazole rings is 1. The Labute approximate surface area is 132 Å². The second-order valence-corrected chi connectivity index (χ2v) is 3.47. The molecule has 1 heterocycles. The van der Waals surface area contributed by atoms with Crippen LogP contribution in [0.5, 0.6) is 11.5 Å². The van der Waals surface area contributed by atoms with Gasteiger partial charge in [0.2, 0.25) is 0 Å². The number of aromatic amines is 1. The molecule has 7 heteroatoms. The fourth-order valence-electron chi connectivity index (χ4n) is 1.64. The molecular weight excluding hydrogens is 259 g/mol. The molecule has 0 unspecified atom stereocenters. The van der Waals surface area contributed by atoms with Crippen molar-refractivity contribution in [3.8, 4) is 22.9 Å². The van der Waals surface area contributed by atoms with Crippen molar-refractivity contribution in [1.82, 2.24) is 9.97 Å². The second kappa shape index (κ2) is 6.60. The Kier molecular flexibility index (Phi) is 5.41. The first kappa shape index (κ1) is 15.6. The van der Waals surface area contributed by atoms with Crippen LogP contribution in [-0.2, 0) is 0 Å². The second-order valence-electron chi connectivity index (χ2n) is 3.47. The fraction of sp³-hybridized carbons (Fsp3) is 0.167. The van der Waals surface area contributed by atoms with E-state index in [9.17, 15) is 9.90 Å². The first-order chi connectivity index (χ1) is 8.67. The summed E-state index contributed by atoms with van der Waals surface area (Å²) >= 11 is 0. The molecule has 0 amide bonds. The van der Waals surface area contributed by atoms with Gasteiger partial charge in [0.05, 0.1) is 32.1 Å². The fourth-order valence-corrected chi connectivity index (χ4v) is 1.64. The van der Waals surface area contributed by atoms with Crippen molar-refractivity contribution in [3.05, 3.63) is 30.1 Å². The summed E-state index contributed by atoms with van der Waals surface area (Å²) in [7, 11) is 3.03. The average Bonchev–Trinajstić information content (AvgIpc) is 2.87. The minimum atomic E-state index is -1.32. The van der Waals surface area contributed by atoms with Crippen LogP contribution in [-0.4, -0.2) is 30.2 Å². The third kappa shape index (κ3) is 3.09. The van der Waals surface area contributed by atoms with Crippen LogP contribution >= 0.6 is 0 Å². The summed E-state index contributed by atoms with van der Waals surface area (Å²) in [6.45, 7) is 0. The molecule has 2 rings (SSSR count). The van der Waals surface area contributed by atoms with Crippen LogP contribution in [0.1, 0.15) is 10.5 Å². The van der Waals surface area contributed by atoms with E-state index in [1.165, 1.54) is 20.4 Å². The Bertz CT molecular complexity index is 561. The summed E-state index contributed by atoms with van der Waals surface area (Å²) in [6.07, 6.45) is 1.19. The van der Waals surface area contributed by atoms with Crippen LogP contribution in [0.4, 0.5) is 0 Å². The maximum absolute atomic E-state index is 10.7. The third-order valence-corrected chi connectivity index (χ3v) is 2.46. The van der Waals surface area contributed by atoms with E-state index in [2.05, 4.69) is 9.97 Å². The standard InChI is InChI=1S/C12H12N2O4.Na/c1-17-8-4-3-5-9(18-2)10(8)11-13-6-7(14-11)12(15)16;/h3-6H,1-2H3,(H,13,14)(H,15,16);/q;+1/p-1. The Balaban J connectivity index is 0.00000180. The van der Waals surface area contributed by atoms with E-state index in [-0.39, 0.29) is 35.3 Å². The van der Waals surface area contributed by atoms with Gasteiger partial charge in [-0.25, -0.2) is 4.98 Å². The summed E-state index contributed by atoms with van der Waals surface area (Å²) in [5, 5.41) is 10.7. The van der Waals surface area contributed by atoms with E-state index in [1.807, 2.05) is 0 Å². The first-order valence-electron chi connectivity index (χ1n) is 5.15. The van der Waals surface area contributed by atoms with Gasteiger partial charge in [-0.3, -0.25) is 0 Å². The molecule has 6 nitrogen and oxygen atoms in total. The average molecular weight is 270 g/mol. The number of benzene rings is 1. The van der Waals surface area contributed by atoms with Gasteiger partial charge < -0.3 is 24.4 Å². The number of hydrogen-bond donors (Lipinski definition) is 1. The zero-order chi connectivity index (χ0) is 13.1. The molecule has 0 aliphatic heterocycles. The van der Waals surface area contributed by atoms with E-state index in [1.54, 1.807) is 18.2 Å². The molecule has 94 valence electrons. The number of nitrogens with one attached hydrogen (secondary N) is 1. The van der Waals surface area contributed by atoms with Crippen LogP contribution in [0.2, 0.25) is 0 Å². The van der Waals surface area contributed by atoms with Crippen molar-refractivity contribution in [2.45, 2.75) is 0 Å². The van der Waals surface area contributed by atoms with Crippen LogP contribution in [0, 0.1) is 0 Å². The van der Waals surface area contributed by atoms with Gasteiger partial charge in [0.1, 0.15) is 22.9 Å². The van der Waals surface area contributed by atoms with Crippen LogP contribution < -0.4 is 44.1 Å². The van der Waals surface area contributed by atoms with Gasteiger partial charge in [0.15, 0.2) is 0 Å². The van der Waals surface area contributed by atoms with Crippen molar-refractivity contribution in [2.75, 3.05) is 14.2 Å². The van der Waals surface area contributed by atoms with Crippen LogP contribution in [0.3, 0.4) is 0 Å². The number of hydrogen-bond acceptors (Lipinski definition) is 5. The van der Waals surface area contributed by atoms with Gasteiger partial charge in [-0.1, -0.05) is 6.07 Å². The van der Waals surface area contributed by atoms with Crippen molar-refractivity contribution in [3.63, 3.8) is 0 Å². The van der Waals surface area contributed by atoms with Gasteiger partial charge >= 0.3 is 29.6 Å². The molecular formula is C12H11N2NaO4. The van der Waals surface area contributed by atoms with Crippen molar-refractivity contribution in [2.24, 2.45) is 0 Å². The molecule has 0 fully saturated rings. The van der Waals surface area contributed by atoms with E-state index in [0.29, 0.717) is 22.9 Å². The molecule has 0 spiro atoms. The number of H-pyrrole nitrogens is 1. The zero-order valence-electron chi connectivity index (χ0n) is 10.9. The normalized spacial score (nSPS) is 9.58. The number of nitrogens with zero attached hydrogens (tertiary/aromatic N) is 1. The molecule has 1 aromatic carbocycles. The Hall–Kier alpha value is -1.50. The van der Waals surface area contributed by atoms with Crippen molar-refractivity contribution in [1.29, 1.82) is 0 Å². The predicted octanol–water partition coefficient (Wildman–Crippen LogP) is -2.54. The van der Waals surface area contributed by atoms with Gasteiger partial charge in [0, 0.05) is 0 Å². The number of carbonyl (C=O) groups is 1. The molecule has 0 aliphatic rings. The number of carboxylic acids is 1. The quantitative estimate of drug-likeness (QED) is 0.619. The van der Waals surface area contributed by atoms with Crippen LogP contribution in [0.25, 0.3) is 11.4 Å². The zero-order valence-corrected chi connectivity index (χ0v) is 12.9. The molecule has 19 heavy (non-hydrogen) atoms. The number of aromatic carboxylic acids is 1. The Morgan fingerprint density at radius 2 is 1.84 bits per heavy atom. The van der Waals surface area contributed by atoms with Gasteiger partial charge in [0.25, 0.3) is 0 Å². The molecule has 0 saturated heterocycles. The molecule has 0 bridgehead atoms. The minimum absolute atomic E-state index is 0. The van der Waals surface area contributed by atoms with E-state index in [4.69, 9.17) is 9.47 Å². The smallest absolute Gasteiger partial charge is 0.543 e. The molecule has 1 aromatic heterocycles. The van der Waals surface area contributed by atoms with E-state index >= 15 is 0 Å². The summed E-state index contributed by atoms with van der Waals surface area (Å²) in [6, 6.07) is 5.24. The molecule has 0 atom stereocenters. The Morgan fingerprint density at radius 1 is 1.26 bits per heavy atom. The van der Waals surface area contributed by atoms with Crippen molar-refractivity contribution < 1.29 is 48.9 Å².